The van der Waals surface area contributed by atoms with Gasteiger partial charge in [-0.25, -0.2) is 4.79 Å². The Bertz CT molecular complexity index is 791. The first kappa shape index (κ1) is 15.8. The summed E-state index contributed by atoms with van der Waals surface area (Å²) in [5.74, 6) is -0.0637. The highest BCUT2D eigenvalue weighted by Crippen LogP contribution is 2.34. The molecule has 25 heavy (non-hydrogen) atoms. The largest absolute Gasteiger partial charge is 0.373 e. The second-order valence-corrected chi connectivity index (χ2v) is 6.59. The lowest BCUT2D eigenvalue weighted by Crippen LogP contribution is -2.43. The van der Waals surface area contributed by atoms with E-state index in [0.717, 1.165) is 19.3 Å². The monoisotopic (exact) mass is 336 g/mol. The first-order valence-corrected chi connectivity index (χ1v) is 8.62. The van der Waals surface area contributed by atoms with Crippen molar-refractivity contribution in [3.05, 3.63) is 65.7 Å². The summed E-state index contributed by atoms with van der Waals surface area (Å²) in [6.45, 7) is 0. The molecular weight excluding hydrogens is 316 g/mol. The summed E-state index contributed by atoms with van der Waals surface area (Å²) in [6.07, 6.45) is 3.42. The van der Waals surface area contributed by atoms with Crippen LogP contribution in [0.3, 0.4) is 0 Å². The van der Waals surface area contributed by atoms with Crippen LogP contribution in [-0.4, -0.2) is 30.1 Å². The lowest BCUT2D eigenvalue weighted by atomic mass is 9.96. The molecule has 0 radical (unpaired) electrons. The number of ether oxygens (including phenoxy) is 1. The van der Waals surface area contributed by atoms with Crippen LogP contribution < -0.4 is 10.6 Å². The molecule has 2 fully saturated rings. The topological polar surface area (TPSA) is 67.4 Å². The molecule has 2 aromatic rings. The van der Waals surface area contributed by atoms with Gasteiger partial charge in [0.25, 0.3) is 0 Å². The average molecular weight is 336 g/mol. The zero-order valence-corrected chi connectivity index (χ0v) is 13.8. The quantitative estimate of drug-likeness (QED) is 0.841. The smallest absolute Gasteiger partial charge is 0.319 e. The number of ketones is 1. The zero-order valence-electron chi connectivity index (χ0n) is 13.8. The normalized spacial score (nSPS) is 24.1. The van der Waals surface area contributed by atoms with Crippen molar-refractivity contribution in [2.75, 3.05) is 5.32 Å². The van der Waals surface area contributed by atoms with Gasteiger partial charge in [-0.2, -0.15) is 0 Å². The molecule has 3 atom stereocenters. The molecule has 2 heterocycles. The Balaban J connectivity index is 1.41. The van der Waals surface area contributed by atoms with Crippen molar-refractivity contribution in [1.29, 1.82) is 0 Å². The van der Waals surface area contributed by atoms with Gasteiger partial charge in [0.05, 0.1) is 18.2 Å². The molecule has 3 unspecified atom stereocenters. The first-order valence-electron chi connectivity index (χ1n) is 8.62. The van der Waals surface area contributed by atoms with Crippen molar-refractivity contribution in [3.63, 3.8) is 0 Å². The van der Waals surface area contributed by atoms with Gasteiger partial charge in [0, 0.05) is 16.8 Å². The SMILES string of the molecule is O=C(Nc1cccc(C(=O)c2ccccc2)c1)NC1CC2CCC1O2. The van der Waals surface area contributed by atoms with E-state index in [9.17, 15) is 9.59 Å². The number of benzene rings is 2. The minimum absolute atomic E-state index is 0.0637. The predicted molar refractivity (Wildman–Crippen MR) is 94.8 cm³/mol. The Kier molecular flexibility index (Phi) is 4.24. The lowest BCUT2D eigenvalue weighted by Gasteiger charge is -2.20. The average Bonchev–Trinajstić information content (AvgIpc) is 3.25. The number of carbonyl (C=O) groups is 2. The van der Waals surface area contributed by atoms with Gasteiger partial charge in [-0.15, -0.1) is 0 Å². The fourth-order valence-electron chi connectivity index (χ4n) is 3.62. The van der Waals surface area contributed by atoms with Crippen LogP contribution in [0.1, 0.15) is 35.2 Å². The van der Waals surface area contributed by atoms with Crippen LogP contribution in [0.25, 0.3) is 0 Å². The van der Waals surface area contributed by atoms with Gasteiger partial charge in [-0.05, 0) is 31.4 Å². The minimum atomic E-state index is -0.259. The van der Waals surface area contributed by atoms with E-state index in [0.29, 0.717) is 22.9 Å². The van der Waals surface area contributed by atoms with Crippen molar-refractivity contribution >= 4 is 17.5 Å². The lowest BCUT2D eigenvalue weighted by molar-refractivity contribution is 0.0984. The Morgan fingerprint density at radius 2 is 1.76 bits per heavy atom. The summed E-state index contributed by atoms with van der Waals surface area (Å²) in [5, 5.41) is 5.80. The van der Waals surface area contributed by atoms with Gasteiger partial charge in [0.15, 0.2) is 5.78 Å². The van der Waals surface area contributed by atoms with Crippen molar-refractivity contribution in [2.45, 2.75) is 37.5 Å². The fourth-order valence-corrected chi connectivity index (χ4v) is 3.62. The van der Waals surface area contributed by atoms with Gasteiger partial charge < -0.3 is 15.4 Å². The van der Waals surface area contributed by atoms with Crippen molar-refractivity contribution in [1.82, 2.24) is 5.32 Å². The van der Waals surface area contributed by atoms with Crippen LogP contribution in [0.2, 0.25) is 0 Å². The molecule has 0 aromatic heterocycles. The maximum atomic E-state index is 12.5. The molecule has 5 nitrogen and oxygen atoms in total. The Hall–Kier alpha value is -2.66. The van der Waals surface area contributed by atoms with E-state index in [1.807, 2.05) is 18.2 Å². The Morgan fingerprint density at radius 1 is 0.960 bits per heavy atom. The summed E-state index contributed by atoms with van der Waals surface area (Å²) in [7, 11) is 0. The molecule has 2 amide bonds. The standard InChI is InChI=1S/C20H20N2O3/c23-19(13-5-2-1-3-6-13)14-7-4-8-15(11-14)21-20(24)22-17-12-16-9-10-18(17)25-16/h1-8,11,16-18H,9-10,12H2,(H2,21,22,24). The number of anilines is 1. The summed E-state index contributed by atoms with van der Waals surface area (Å²) in [5.41, 5.74) is 1.78. The number of carbonyl (C=O) groups excluding carboxylic acids is 2. The summed E-state index contributed by atoms with van der Waals surface area (Å²) < 4.78 is 5.75. The number of urea groups is 1. The van der Waals surface area contributed by atoms with Crippen molar-refractivity contribution < 1.29 is 14.3 Å². The minimum Gasteiger partial charge on any atom is -0.373 e. The van der Waals surface area contributed by atoms with Crippen LogP contribution in [-0.2, 0) is 4.74 Å². The highest BCUT2D eigenvalue weighted by atomic mass is 16.5. The third-order valence-corrected chi connectivity index (χ3v) is 4.84. The third-order valence-electron chi connectivity index (χ3n) is 4.84. The number of rotatable bonds is 4. The molecule has 4 rings (SSSR count). The van der Waals surface area contributed by atoms with Crippen molar-refractivity contribution in [3.8, 4) is 0 Å². The molecular formula is C20H20N2O3. The number of amides is 2. The van der Waals surface area contributed by atoms with Crippen LogP contribution in [0.15, 0.2) is 54.6 Å². The molecule has 2 saturated heterocycles. The number of hydrogen-bond acceptors (Lipinski definition) is 3. The van der Waals surface area contributed by atoms with Crippen molar-refractivity contribution in [2.24, 2.45) is 0 Å². The molecule has 0 saturated carbocycles. The first-order chi connectivity index (χ1) is 12.2. The van der Waals surface area contributed by atoms with E-state index in [2.05, 4.69) is 10.6 Å². The number of fused-ring (bicyclic) bond motifs is 2. The number of hydrogen-bond donors (Lipinski definition) is 2. The van der Waals surface area contributed by atoms with E-state index in [1.165, 1.54) is 0 Å². The second-order valence-electron chi connectivity index (χ2n) is 6.59. The molecule has 2 aliphatic heterocycles. The van der Waals surface area contributed by atoms with E-state index in [-0.39, 0.29) is 24.0 Å². The maximum absolute atomic E-state index is 12.5. The summed E-state index contributed by atoms with van der Waals surface area (Å²) in [4.78, 5) is 24.7. The molecule has 128 valence electrons. The van der Waals surface area contributed by atoms with Crippen LogP contribution in [0, 0.1) is 0 Å². The van der Waals surface area contributed by atoms with Gasteiger partial charge in [0.1, 0.15) is 0 Å². The fraction of sp³-hybridized carbons (Fsp3) is 0.300. The Labute approximate surface area is 146 Å². The molecule has 2 aliphatic rings. The maximum Gasteiger partial charge on any atom is 0.319 e. The van der Waals surface area contributed by atoms with Gasteiger partial charge in [-0.3, -0.25) is 4.79 Å². The number of nitrogens with one attached hydrogen (secondary N) is 2. The van der Waals surface area contributed by atoms with Gasteiger partial charge >= 0.3 is 6.03 Å². The molecule has 2 bridgehead atoms. The molecule has 0 aliphatic carbocycles. The molecule has 5 heteroatoms. The van der Waals surface area contributed by atoms with Crippen LogP contribution in [0.4, 0.5) is 10.5 Å². The Morgan fingerprint density at radius 3 is 2.48 bits per heavy atom. The van der Waals surface area contributed by atoms with Crippen LogP contribution >= 0.6 is 0 Å². The highest BCUT2D eigenvalue weighted by Gasteiger charge is 2.41. The second kappa shape index (κ2) is 6.69. The van der Waals surface area contributed by atoms with E-state index < -0.39 is 0 Å². The predicted octanol–water partition coefficient (Wildman–Crippen LogP) is 3.36. The van der Waals surface area contributed by atoms with E-state index >= 15 is 0 Å². The third kappa shape index (κ3) is 3.42. The molecule has 0 spiro atoms. The molecule has 2 aromatic carbocycles. The van der Waals surface area contributed by atoms with E-state index in [4.69, 9.17) is 4.74 Å². The highest BCUT2D eigenvalue weighted by molar-refractivity contribution is 6.09. The summed E-state index contributed by atoms with van der Waals surface area (Å²) in [6, 6.07) is 15.9. The van der Waals surface area contributed by atoms with Gasteiger partial charge in [-0.1, -0.05) is 42.5 Å². The van der Waals surface area contributed by atoms with Gasteiger partial charge in [0.2, 0.25) is 0 Å². The zero-order chi connectivity index (χ0) is 17.2. The van der Waals surface area contributed by atoms with Crippen LogP contribution in [0.5, 0.6) is 0 Å². The summed E-state index contributed by atoms with van der Waals surface area (Å²) >= 11 is 0. The van der Waals surface area contributed by atoms with E-state index in [1.54, 1.807) is 36.4 Å². The molecule has 2 N–H and O–H groups in total.